The van der Waals surface area contributed by atoms with Gasteiger partial charge >= 0.3 is 35.8 Å². The van der Waals surface area contributed by atoms with Crippen LogP contribution in [0, 0.1) is 0 Å². The van der Waals surface area contributed by atoms with Gasteiger partial charge in [-0.1, -0.05) is 348 Å². The van der Waals surface area contributed by atoms with Gasteiger partial charge in [-0.25, -0.2) is 14.4 Å². The molecule has 0 aromatic carbocycles. The molecule has 0 aliphatic carbocycles. The second-order valence-corrected chi connectivity index (χ2v) is 38.4. The Labute approximate surface area is 742 Å². The number of unbranched alkanes of at least 4 members (excludes halogenated alkanes) is 51. The van der Waals surface area contributed by atoms with Crippen molar-refractivity contribution in [3.63, 3.8) is 0 Å². The summed E-state index contributed by atoms with van der Waals surface area (Å²) >= 11 is 0. The Hall–Kier alpha value is -4.08. The van der Waals surface area contributed by atoms with Gasteiger partial charge in [-0.3, -0.25) is 14.4 Å². The molecule has 0 spiro atoms. The van der Waals surface area contributed by atoms with E-state index in [-0.39, 0.29) is 86.6 Å². The van der Waals surface area contributed by atoms with Crippen molar-refractivity contribution in [1.29, 1.82) is 0 Å². The molecular formula is C105H200N3O12+3. The SMILES string of the molecule is CCCCCCCCCCCC[N+](C)(C)CC(=O)OC(C/C=C/CCCCCCCC(=O)OCC(COC(=O)CCCCCCC/C=C/CC(CCCCCC)OC(=O)C[N+](C)(C)CCCCCCCCCCCC)OC(=O)CCCCCCC/C=C/CC(CCCCCC)OC(=O)C[N+](C)(C)CCCCCCCCCCCC)CCCCCC. The van der Waals surface area contributed by atoms with Gasteiger partial charge < -0.3 is 41.9 Å². The number of hydrogen-bond donors (Lipinski definition) is 0. The third kappa shape index (κ3) is 82.2. The van der Waals surface area contributed by atoms with Gasteiger partial charge in [0.2, 0.25) is 0 Å². The molecule has 0 radical (unpaired) electrons. The number of quaternary nitrogens is 3. The number of esters is 6. The second-order valence-electron chi connectivity index (χ2n) is 38.4. The number of allylic oxidation sites excluding steroid dienone is 3. The molecule has 3 atom stereocenters. The van der Waals surface area contributed by atoms with E-state index in [2.05, 4.69) is 120 Å². The highest BCUT2D eigenvalue weighted by Gasteiger charge is 2.27. The molecule has 0 amide bonds. The third-order valence-electron chi connectivity index (χ3n) is 24.2. The van der Waals surface area contributed by atoms with E-state index in [4.69, 9.17) is 28.4 Å². The Morgan fingerprint density at radius 1 is 0.217 bits per heavy atom. The summed E-state index contributed by atoms with van der Waals surface area (Å²) in [5.41, 5.74) is 0. The van der Waals surface area contributed by atoms with E-state index in [1.807, 2.05) is 0 Å². The van der Waals surface area contributed by atoms with Gasteiger partial charge in [-0.2, -0.15) is 0 Å². The van der Waals surface area contributed by atoms with Crippen molar-refractivity contribution < 1.29 is 70.6 Å². The Bertz CT molecular complexity index is 2330. The summed E-state index contributed by atoms with van der Waals surface area (Å²) in [7, 11) is 13.0. The minimum atomic E-state index is -0.888. The van der Waals surface area contributed by atoms with Gasteiger partial charge in [-0.05, 0) is 135 Å². The van der Waals surface area contributed by atoms with Crippen molar-refractivity contribution in [1.82, 2.24) is 0 Å². The molecule has 704 valence electrons. The lowest BCUT2D eigenvalue weighted by atomic mass is 10.1. The van der Waals surface area contributed by atoms with E-state index in [9.17, 15) is 28.8 Å². The molecule has 0 saturated heterocycles. The van der Waals surface area contributed by atoms with Crippen LogP contribution in [0.5, 0.6) is 0 Å². The first kappa shape index (κ1) is 116. The molecule has 0 bridgehead atoms. The lowest BCUT2D eigenvalue weighted by Crippen LogP contribution is -2.45. The first-order valence-corrected chi connectivity index (χ1v) is 51.6. The first-order valence-electron chi connectivity index (χ1n) is 51.6. The molecule has 0 aliphatic rings. The van der Waals surface area contributed by atoms with Crippen molar-refractivity contribution in [2.24, 2.45) is 0 Å². The third-order valence-corrected chi connectivity index (χ3v) is 24.2. The van der Waals surface area contributed by atoms with E-state index in [0.29, 0.717) is 52.3 Å². The molecule has 0 heterocycles. The maximum Gasteiger partial charge on any atom is 0.362 e. The average Bonchev–Trinajstić information content (AvgIpc) is 0.907. The largest absolute Gasteiger partial charge is 0.462 e. The molecule has 120 heavy (non-hydrogen) atoms. The van der Waals surface area contributed by atoms with E-state index in [1.54, 1.807) is 0 Å². The van der Waals surface area contributed by atoms with Crippen LogP contribution < -0.4 is 0 Å². The number of likely N-dealkylation sites (N-methyl/N-ethyl adjacent to an activating group) is 3. The van der Waals surface area contributed by atoms with Crippen molar-refractivity contribution >= 4 is 35.8 Å². The minimum Gasteiger partial charge on any atom is -0.462 e. The van der Waals surface area contributed by atoms with Crippen LogP contribution in [0.4, 0.5) is 0 Å². The summed E-state index contributed by atoms with van der Waals surface area (Å²) in [5.74, 6) is -1.33. The van der Waals surface area contributed by atoms with Gasteiger partial charge in [0.1, 0.15) is 31.5 Å². The molecule has 15 nitrogen and oxygen atoms in total. The van der Waals surface area contributed by atoms with Crippen molar-refractivity contribution in [3.05, 3.63) is 36.5 Å². The second kappa shape index (κ2) is 84.4. The summed E-state index contributed by atoms with van der Waals surface area (Å²) in [4.78, 5) is 79.6. The van der Waals surface area contributed by atoms with Gasteiger partial charge in [0, 0.05) is 38.5 Å². The summed E-state index contributed by atoms with van der Waals surface area (Å²) in [5, 5.41) is 0. The van der Waals surface area contributed by atoms with E-state index in [0.717, 1.165) is 212 Å². The quantitative estimate of drug-likeness (QED) is 0.0187. The molecular weight excluding hydrogens is 1500 g/mol. The maximum absolute atomic E-state index is 13.4. The first-order chi connectivity index (χ1) is 58.1. The highest BCUT2D eigenvalue weighted by Crippen LogP contribution is 2.23. The summed E-state index contributed by atoms with van der Waals surface area (Å²) < 4.78 is 37.8. The summed E-state index contributed by atoms with van der Waals surface area (Å²) in [6.45, 7) is 17.4. The highest BCUT2D eigenvalue weighted by molar-refractivity contribution is 5.72. The van der Waals surface area contributed by atoms with Crippen LogP contribution in [-0.2, 0) is 57.2 Å². The molecule has 0 fully saturated rings. The van der Waals surface area contributed by atoms with Crippen molar-refractivity contribution in [2.45, 2.75) is 509 Å². The number of nitrogens with zero attached hydrogens (tertiary/aromatic N) is 3. The molecule has 0 rings (SSSR count). The lowest BCUT2D eigenvalue weighted by Gasteiger charge is -2.29. The number of carbonyl (C=O) groups excluding carboxylic acids is 6. The number of carbonyl (C=O) groups is 6. The van der Waals surface area contributed by atoms with E-state index >= 15 is 0 Å². The zero-order chi connectivity index (χ0) is 88.2. The predicted molar refractivity (Wildman–Crippen MR) is 507 cm³/mol. The number of rotatable bonds is 92. The zero-order valence-electron chi connectivity index (χ0n) is 81.5. The Balaban J connectivity index is 5.39. The summed E-state index contributed by atoms with van der Waals surface area (Å²) in [6.07, 6.45) is 87.9. The van der Waals surface area contributed by atoms with Crippen LogP contribution in [0.15, 0.2) is 36.5 Å². The van der Waals surface area contributed by atoms with Gasteiger partial charge in [0.05, 0.1) is 61.9 Å². The molecule has 0 aromatic rings. The molecule has 0 N–H and O–H groups in total. The minimum absolute atomic E-state index is 0.0831. The predicted octanol–water partition coefficient (Wildman–Crippen LogP) is 28.7. The fraction of sp³-hybridized carbons (Fsp3) is 0.886. The molecule has 0 aliphatic heterocycles. The Morgan fingerprint density at radius 3 is 0.667 bits per heavy atom. The average molecular weight is 1700 g/mol. The van der Waals surface area contributed by atoms with Crippen LogP contribution in [0.2, 0.25) is 0 Å². The number of hydrogen-bond acceptors (Lipinski definition) is 12. The van der Waals surface area contributed by atoms with Gasteiger partial charge in [-0.15, -0.1) is 0 Å². The van der Waals surface area contributed by atoms with E-state index < -0.39 is 6.10 Å². The van der Waals surface area contributed by atoms with Crippen LogP contribution in [-0.4, -0.2) is 168 Å². The standard InChI is InChI=1S/C105H200N3O12/c1-13-19-25-31-34-37-46-55-64-76-88-106(7,8)91-103(112)117-96(79-67-28-22-16-4)82-70-58-49-40-43-52-61-73-85-100(109)115-94-99(120-102(111)87-75-63-54-45-42-51-60-72-84-98(81-69-30-24-18-6)119-105(114)93-108(11,12)90-78-66-57-48-39-36-33-27-21-15-3)95-116-101(110)86-74-62-53-44-41-50-59-71-83-97(80-68-29-23-17-5)118-104(113)92-107(9,10)89-77-65-56-47-38-35-32-26-20-14-2/h58-60,70-72,96-99H,13-57,61-69,73-95H2,1-12H3/q+3/b70-58+,71-59+,72-60+. The molecule has 0 aromatic heterocycles. The van der Waals surface area contributed by atoms with Crippen molar-refractivity contribution in [2.75, 3.05) is 94.8 Å². The van der Waals surface area contributed by atoms with Crippen LogP contribution in [0.25, 0.3) is 0 Å². The highest BCUT2D eigenvalue weighted by atomic mass is 16.6. The fourth-order valence-electron chi connectivity index (χ4n) is 16.3. The topological polar surface area (TPSA) is 158 Å². The lowest BCUT2D eigenvalue weighted by molar-refractivity contribution is -0.883. The normalized spacial score (nSPS) is 13.2. The maximum atomic E-state index is 13.4. The monoisotopic (exact) mass is 1700 g/mol. The Morgan fingerprint density at radius 2 is 0.417 bits per heavy atom. The van der Waals surface area contributed by atoms with Crippen LogP contribution in [0.1, 0.15) is 485 Å². The molecule has 15 heteroatoms. The molecule has 3 unspecified atom stereocenters. The Kier molecular flexibility index (Phi) is 81.5. The van der Waals surface area contributed by atoms with Crippen LogP contribution >= 0.6 is 0 Å². The number of ether oxygens (including phenoxy) is 6. The van der Waals surface area contributed by atoms with Gasteiger partial charge in [0.15, 0.2) is 25.7 Å². The van der Waals surface area contributed by atoms with Crippen LogP contribution in [0.3, 0.4) is 0 Å². The van der Waals surface area contributed by atoms with Gasteiger partial charge in [0.25, 0.3) is 0 Å². The smallest absolute Gasteiger partial charge is 0.362 e. The zero-order valence-corrected chi connectivity index (χ0v) is 81.5. The van der Waals surface area contributed by atoms with Crippen molar-refractivity contribution in [3.8, 4) is 0 Å². The molecule has 0 saturated carbocycles. The van der Waals surface area contributed by atoms with E-state index in [1.165, 1.54) is 212 Å². The fourth-order valence-corrected chi connectivity index (χ4v) is 16.3. The summed E-state index contributed by atoms with van der Waals surface area (Å²) in [6, 6.07) is 0.